The Kier molecular flexibility index (Phi) is 5.56. The molecule has 1 aromatic carbocycles. The van der Waals surface area contributed by atoms with Crippen LogP contribution in [0, 0.1) is 0 Å². The lowest BCUT2D eigenvalue weighted by Gasteiger charge is -2.13. The molecule has 106 valence electrons. The average molecular weight is 287 g/mol. The minimum Gasteiger partial charge on any atom is -0.326 e. The molecule has 20 heavy (non-hydrogen) atoms. The monoisotopic (exact) mass is 287 g/mol. The molecule has 0 aliphatic carbocycles. The molecule has 0 amide bonds. The third-order valence-corrected chi connectivity index (χ3v) is 4.42. The molecule has 0 aliphatic rings. The van der Waals surface area contributed by atoms with Gasteiger partial charge in [0.05, 0.1) is 5.69 Å². The van der Waals surface area contributed by atoms with E-state index in [2.05, 4.69) is 48.3 Å². The van der Waals surface area contributed by atoms with Crippen molar-refractivity contribution >= 4 is 11.8 Å². The molecule has 0 spiro atoms. The zero-order valence-corrected chi connectivity index (χ0v) is 12.9. The van der Waals surface area contributed by atoms with Crippen LogP contribution in [0.25, 0.3) is 0 Å². The first-order valence-electron chi connectivity index (χ1n) is 7.04. The second-order valence-corrected chi connectivity index (χ2v) is 5.56. The first-order valence-corrected chi connectivity index (χ1v) is 8.02. The fourth-order valence-corrected chi connectivity index (χ4v) is 3.26. The van der Waals surface area contributed by atoms with Crippen LogP contribution in [0.5, 0.6) is 0 Å². The van der Waals surface area contributed by atoms with Gasteiger partial charge in [-0.15, -0.1) is 5.10 Å². The molecular weight excluding hydrogens is 266 g/mol. The highest BCUT2D eigenvalue weighted by Gasteiger charge is 2.13. The summed E-state index contributed by atoms with van der Waals surface area (Å²) < 4.78 is 0. The minimum atomic E-state index is 0.531. The summed E-state index contributed by atoms with van der Waals surface area (Å²) in [5.41, 5.74) is 10.8. The number of hydrogen-bond acceptors (Lipinski definition) is 4. The number of nitrogens with two attached hydrogens (primary N) is 1. The van der Waals surface area contributed by atoms with Crippen LogP contribution in [0.4, 0.5) is 0 Å². The Morgan fingerprint density at radius 2 is 1.75 bits per heavy atom. The summed E-state index contributed by atoms with van der Waals surface area (Å²) in [5, 5.41) is 9.72. The molecule has 4 heteroatoms. The number of benzene rings is 1. The van der Waals surface area contributed by atoms with Crippen molar-refractivity contribution in [3.8, 4) is 0 Å². The van der Waals surface area contributed by atoms with Gasteiger partial charge in [0.15, 0.2) is 0 Å². The van der Waals surface area contributed by atoms with Gasteiger partial charge >= 0.3 is 0 Å². The molecule has 3 nitrogen and oxygen atoms in total. The highest BCUT2D eigenvalue weighted by molar-refractivity contribution is 7.98. The standard InChI is InChI=1S/C16H21N3S/c1-3-13-14(10-17)16(19-18-15(13)4-2)20-11-12-8-6-5-7-9-12/h5-9H,3-4,10-11,17H2,1-2H3. The Morgan fingerprint density at radius 1 is 1.00 bits per heavy atom. The Morgan fingerprint density at radius 3 is 2.35 bits per heavy atom. The first-order chi connectivity index (χ1) is 9.80. The quantitative estimate of drug-likeness (QED) is 0.828. The highest BCUT2D eigenvalue weighted by Crippen LogP contribution is 2.27. The first kappa shape index (κ1) is 15.0. The average Bonchev–Trinajstić information content (AvgIpc) is 2.52. The van der Waals surface area contributed by atoms with E-state index in [4.69, 9.17) is 5.73 Å². The van der Waals surface area contributed by atoms with E-state index < -0.39 is 0 Å². The van der Waals surface area contributed by atoms with E-state index in [1.54, 1.807) is 11.8 Å². The summed E-state index contributed by atoms with van der Waals surface area (Å²) in [4.78, 5) is 0. The molecule has 0 radical (unpaired) electrons. The van der Waals surface area contributed by atoms with Crippen LogP contribution in [0.2, 0.25) is 0 Å². The van der Waals surface area contributed by atoms with Gasteiger partial charge in [-0.25, -0.2) is 0 Å². The third-order valence-electron chi connectivity index (χ3n) is 3.34. The largest absolute Gasteiger partial charge is 0.326 e. The van der Waals surface area contributed by atoms with Crippen LogP contribution < -0.4 is 5.73 Å². The predicted octanol–water partition coefficient (Wildman–Crippen LogP) is 3.35. The van der Waals surface area contributed by atoms with Gasteiger partial charge in [0.1, 0.15) is 5.03 Å². The van der Waals surface area contributed by atoms with Crippen LogP contribution >= 0.6 is 11.8 Å². The van der Waals surface area contributed by atoms with Crippen molar-refractivity contribution in [3.63, 3.8) is 0 Å². The van der Waals surface area contributed by atoms with Gasteiger partial charge < -0.3 is 5.73 Å². The maximum atomic E-state index is 5.94. The molecule has 2 N–H and O–H groups in total. The van der Waals surface area contributed by atoms with E-state index in [1.165, 1.54) is 16.7 Å². The molecule has 2 aromatic rings. The van der Waals surface area contributed by atoms with Crippen LogP contribution in [-0.4, -0.2) is 10.2 Å². The summed E-state index contributed by atoms with van der Waals surface area (Å²) in [6.45, 7) is 4.80. The van der Waals surface area contributed by atoms with Gasteiger partial charge in [-0.05, 0) is 24.0 Å². The second kappa shape index (κ2) is 7.41. The van der Waals surface area contributed by atoms with Crippen LogP contribution in [0.15, 0.2) is 35.4 Å². The molecule has 0 fully saturated rings. The van der Waals surface area contributed by atoms with E-state index in [9.17, 15) is 0 Å². The zero-order chi connectivity index (χ0) is 14.4. The van der Waals surface area contributed by atoms with Crippen molar-refractivity contribution in [1.82, 2.24) is 10.2 Å². The molecule has 2 rings (SSSR count). The molecular formula is C16H21N3S. The van der Waals surface area contributed by atoms with Gasteiger partial charge in [0, 0.05) is 17.9 Å². The van der Waals surface area contributed by atoms with Crippen molar-refractivity contribution in [2.24, 2.45) is 5.73 Å². The molecule has 0 bridgehead atoms. The summed E-state index contributed by atoms with van der Waals surface area (Å²) in [6.07, 6.45) is 1.87. The topological polar surface area (TPSA) is 51.8 Å². The van der Waals surface area contributed by atoms with Crippen molar-refractivity contribution < 1.29 is 0 Å². The normalized spacial score (nSPS) is 10.8. The highest BCUT2D eigenvalue weighted by atomic mass is 32.2. The lowest BCUT2D eigenvalue weighted by molar-refractivity contribution is 0.782. The van der Waals surface area contributed by atoms with Gasteiger partial charge in [-0.1, -0.05) is 55.9 Å². The van der Waals surface area contributed by atoms with Gasteiger partial charge in [-0.3, -0.25) is 0 Å². The third kappa shape index (κ3) is 3.38. The van der Waals surface area contributed by atoms with Crippen molar-refractivity contribution in [3.05, 3.63) is 52.7 Å². The zero-order valence-electron chi connectivity index (χ0n) is 12.1. The van der Waals surface area contributed by atoms with Crippen LogP contribution in [-0.2, 0) is 25.1 Å². The molecule has 1 aromatic heterocycles. The summed E-state index contributed by atoms with van der Waals surface area (Å²) in [6, 6.07) is 10.4. The second-order valence-electron chi connectivity index (χ2n) is 4.59. The smallest absolute Gasteiger partial charge is 0.124 e. The molecule has 0 atom stereocenters. The van der Waals surface area contributed by atoms with Gasteiger partial charge in [0.25, 0.3) is 0 Å². The number of thioether (sulfide) groups is 1. The van der Waals surface area contributed by atoms with E-state index in [1.807, 2.05) is 6.07 Å². The minimum absolute atomic E-state index is 0.531. The van der Waals surface area contributed by atoms with Gasteiger partial charge in [0.2, 0.25) is 0 Å². The fraction of sp³-hybridized carbons (Fsp3) is 0.375. The summed E-state index contributed by atoms with van der Waals surface area (Å²) in [7, 11) is 0. The summed E-state index contributed by atoms with van der Waals surface area (Å²) in [5.74, 6) is 0.900. The summed E-state index contributed by atoms with van der Waals surface area (Å²) >= 11 is 1.72. The van der Waals surface area contributed by atoms with Crippen molar-refractivity contribution in [1.29, 1.82) is 0 Å². The van der Waals surface area contributed by atoms with Crippen molar-refractivity contribution in [2.45, 2.75) is 44.0 Å². The van der Waals surface area contributed by atoms with E-state index >= 15 is 0 Å². The van der Waals surface area contributed by atoms with E-state index in [0.29, 0.717) is 6.54 Å². The van der Waals surface area contributed by atoms with E-state index in [-0.39, 0.29) is 0 Å². The lowest BCUT2D eigenvalue weighted by atomic mass is 10.0. The Labute approximate surface area is 125 Å². The maximum Gasteiger partial charge on any atom is 0.124 e. The number of hydrogen-bond donors (Lipinski definition) is 1. The van der Waals surface area contributed by atoms with E-state index in [0.717, 1.165) is 29.3 Å². The van der Waals surface area contributed by atoms with Crippen molar-refractivity contribution in [2.75, 3.05) is 0 Å². The molecule has 0 unspecified atom stereocenters. The molecule has 0 saturated carbocycles. The number of aromatic nitrogens is 2. The Bertz CT molecular complexity index is 555. The van der Waals surface area contributed by atoms with Crippen LogP contribution in [0.1, 0.15) is 36.2 Å². The van der Waals surface area contributed by atoms with Crippen LogP contribution in [0.3, 0.4) is 0 Å². The maximum absolute atomic E-state index is 5.94. The molecule has 1 heterocycles. The SMILES string of the molecule is CCc1nnc(SCc2ccccc2)c(CN)c1CC. The Hall–Kier alpha value is -1.39. The van der Waals surface area contributed by atoms with Gasteiger partial charge in [-0.2, -0.15) is 5.10 Å². The molecule has 0 saturated heterocycles. The lowest BCUT2D eigenvalue weighted by Crippen LogP contribution is -2.10. The number of rotatable bonds is 6. The Balaban J connectivity index is 2.23. The number of aryl methyl sites for hydroxylation is 1. The predicted molar refractivity (Wildman–Crippen MR) is 84.7 cm³/mol. The fourth-order valence-electron chi connectivity index (χ4n) is 2.28. The molecule has 0 aliphatic heterocycles. The number of nitrogens with zero attached hydrogens (tertiary/aromatic N) is 2.